The number of ether oxygens (including phenoxy) is 1. The van der Waals surface area contributed by atoms with E-state index in [4.69, 9.17) is 4.74 Å². The molecule has 1 aliphatic carbocycles. The molecular formula is C33H37NO5. The second kappa shape index (κ2) is 12.3. The van der Waals surface area contributed by atoms with Crippen LogP contribution >= 0.6 is 0 Å². The van der Waals surface area contributed by atoms with Crippen molar-refractivity contribution in [3.8, 4) is 5.75 Å². The molecule has 0 aliphatic heterocycles. The maximum Gasteiger partial charge on any atom is 0.343 e. The first-order valence-corrected chi connectivity index (χ1v) is 13.7. The Kier molecular flexibility index (Phi) is 8.85. The zero-order valence-corrected chi connectivity index (χ0v) is 22.9. The Morgan fingerprint density at radius 3 is 2.00 bits per heavy atom. The number of carboxylic acid groups (broad SMARTS) is 1. The van der Waals surface area contributed by atoms with E-state index in [1.165, 1.54) is 37.7 Å². The lowest BCUT2D eigenvalue weighted by Gasteiger charge is -2.22. The molecule has 3 aromatic carbocycles. The summed E-state index contributed by atoms with van der Waals surface area (Å²) < 4.78 is 5.52. The molecule has 1 aliphatic rings. The zero-order valence-electron chi connectivity index (χ0n) is 22.9. The predicted octanol–water partition coefficient (Wildman–Crippen LogP) is 6.68. The highest BCUT2D eigenvalue weighted by Gasteiger charge is 2.22. The number of carbonyl (C=O) groups is 3. The first kappa shape index (κ1) is 28.1. The lowest BCUT2D eigenvalue weighted by Crippen LogP contribution is -2.42. The maximum atomic E-state index is 12.7. The van der Waals surface area contributed by atoms with Gasteiger partial charge in [-0.05, 0) is 77.3 Å². The van der Waals surface area contributed by atoms with E-state index in [2.05, 4.69) is 26.1 Å². The smallest absolute Gasteiger partial charge is 0.343 e. The Hall–Kier alpha value is -3.93. The number of carbonyl (C=O) groups excluding carboxylic acids is 2. The van der Waals surface area contributed by atoms with Crippen LogP contribution in [0.2, 0.25) is 0 Å². The van der Waals surface area contributed by atoms with Crippen LogP contribution < -0.4 is 10.1 Å². The lowest BCUT2D eigenvalue weighted by molar-refractivity contribution is -0.139. The van der Waals surface area contributed by atoms with E-state index in [1.807, 2.05) is 36.4 Å². The van der Waals surface area contributed by atoms with Crippen molar-refractivity contribution >= 4 is 17.8 Å². The molecule has 6 nitrogen and oxygen atoms in total. The number of nitrogens with one attached hydrogen (secondary N) is 1. The average Bonchev–Trinajstić information content (AvgIpc) is 2.93. The molecule has 0 heterocycles. The molecule has 3 aromatic rings. The van der Waals surface area contributed by atoms with E-state index >= 15 is 0 Å². The van der Waals surface area contributed by atoms with Gasteiger partial charge in [0.25, 0.3) is 5.91 Å². The maximum absolute atomic E-state index is 12.7. The second-order valence-electron chi connectivity index (χ2n) is 11.4. The average molecular weight is 528 g/mol. The number of benzene rings is 3. The summed E-state index contributed by atoms with van der Waals surface area (Å²) in [6, 6.07) is 20.4. The van der Waals surface area contributed by atoms with E-state index in [9.17, 15) is 19.5 Å². The van der Waals surface area contributed by atoms with Gasteiger partial charge in [-0.1, -0.05) is 76.4 Å². The minimum Gasteiger partial charge on any atom is -0.480 e. The van der Waals surface area contributed by atoms with Gasteiger partial charge >= 0.3 is 11.9 Å². The van der Waals surface area contributed by atoms with E-state index in [-0.39, 0.29) is 11.8 Å². The van der Waals surface area contributed by atoms with Gasteiger partial charge in [0, 0.05) is 12.0 Å². The van der Waals surface area contributed by atoms with Gasteiger partial charge < -0.3 is 15.2 Å². The molecule has 0 saturated heterocycles. The van der Waals surface area contributed by atoms with E-state index in [0.29, 0.717) is 28.4 Å². The van der Waals surface area contributed by atoms with Crippen LogP contribution in [0.15, 0.2) is 72.8 Å². The molecule has 1 atom stereocenters. The standard InChI is InChI=1S/C33H37NO5/c1-33(2,3)27-17-15-25(16-18-27)30(35)34-29(31(36)37)21-22-9-19-28(20-10-22)39-32(38)26-13-11-24(12-14-26)23-7-5-4-6-8-23/h9-20,23,29H,4-8,21H2,1-3H3,(H,34,35)(H,36,37). The third kappa shape index (κ3) is 7.56. The Morgan fingerprint density at radius 2 is 1.44 bits per heavy atom. The molecule has 0 aromatic heterocycles. The molecule has 204 valence electrons. The quantitative estimate of drug-likeness (QED) is 0.252. The number of hydrogen-bond donors (Lipinski definition) is 2. The van der Waals surface area contributed by atoms with Crippen LogP contribution in [-0.2, 0) is 16.6 Å². The van der Waals surface area contributed by atoms with Crippen molar-refractivity contribution < 1.29 is 24.2 Å². The van der Waals surface area contributed by atoms with Gasteiger partial charge in [0.2, 0.25) is 0 Å². The van der Waals surface area contributed by atoms with Gasteiger partial charge in [0.15, 0.2) is 0 Å². The molecule has 0 radical (unpaired) electrons. The van der Waals surface area contributed by atoms with Crippen molar-refractivity contribution in [3.63, 3.8) is 0 Å². The van der Waals surface area contributed by atoms with Crippen LogP contribution in [0, 0.1) is 0 Å². The summed E-state index contributed by atoms with van der Waals surface area (Å²) in [5.41, 5.74) is 3.91. The van der Waals surface area contributed by atoms with Crippen LogP contribution in [0.1, 0.15) is 96.2 Å². The van der Waals surface area contributed by atoms with Gasteiger partial charge in [-0.3, -0.25) is 4.79 Å². The van der Waals surface area contributed by atoms with Crippen LogP contribution in [0.3, 0.4) is 0 Å². The Morgan fingerprint density at radius 1 is 0.846 bits per heavy atom. The molecule has 1 saturated carbocycles. The molecule has 1 amide bonds. The highest BCUT2D eigenvalue weighted by molar-refractivity contribution is 5.96. The highest BCUT2D eigenvalue weighted by Crippen LogP contribution is 2.32. The molecule has 4 rings (SSSR count). The summed E-state index contributed by atoms with van der Waals surface area (Å²) in [6.07, 6.45) is 6.32. The highest BCUT2D eigenvalue weighted by atomic mass is 16.5. The fourth-order valence-corrected chi connectivity index (χ4v) is 4.99. The first-order chi connectivity index (χ1) is 18.6. The number of amides is 1. The third-order valence-corrected chi connectivity index (χ3v) is 7.41. The first-order valence-electron chi connectivity index (χ1n) is 13.7. The van der Waals surface area contributed by atoms with Crippen molar-refractivity contribution in [3.05, 3.63) is 101 Å². The van der Waals surface area contributed by atoms with Crippen LogP contribution in [0.25, 0.3) is 0 Å². The third-order valence-electron chi connectivity index (χ3n) is 7.41. The van der Waals surface area contributed by atoms with Crippen molar-refractivity contribution in [2.24, 2.45) is 0 Å². The number of carboxylic acids is 1. The Labute approximate surface area is 230 Å². The van der Waals surface area contributed by atoms with Crippen LogP contribution in [-0.4, -0.2) is 29.0 Å². The summed E-state index contributed by atoms with van der Waals surface area (Å²) in [5, 5.41) is 12.3. The summed E-state index contributed by atoms with van der Waals surface area (Å²) in [5.74, 6) is -1.06. The number of rotatable bonds is 8. The monoisotopic (exact) mass is 527 g/mol. The van der Waals surface area contributed by atoms with E-state index in [0.717, 1.165) is 5.56 Å². The van der Waals surface area contributed by atoms with Gasteiger partial charge in [-0.15, -0.1) is 0 Å². The van der Waals surface area contributed by atoms with Crippen molar-refractivity contribution in [2.45, 2.75) is 76.7 Å². The second-order valence-corrected chi connectivity index (χ2v) is 11.4. The zero-order chi connectivity index (χ0) is 28.0. The predicted molar refractivity (Wildman–Crippen MR) is 151 cm³/mol. The normalized spacial score (nSPS) is 14.8. The molecule has 1 unspecified atom stereocenters. The van der Waals surface area contributed by atoms with Crippen molar-refractivity contribution in [1.82, 2.24) is 5.32 Å². The Balaban J connectivity index is 1.33. The molecule has 0 spiro atoms. The van der Waals surface area contributed by atoms with Crippen molar-refractivity contribution in [1.29, 1.82) is 0 Å². The van der Waals surface area contributed by atoms with E-state index in [1.54, 1.807) is 36.4 Å². The fourth-order valence-electron chi connectivity index (χ4n) is 4.99. The molecular weight excluding hydrogens is 490 g/mol. The van der Waals surface area contributed by atoms with Gasteiger partial charge in [0.1, 0.15) is 11.8 Å². The lowest BCUT2D eigenvalue weighted by atomic mass is 9.84. The SMILES string of the molecule is CC(C)(C)c1ccc(C(=O)NC(Cc2ccc(OC(=O)c3ccc(C4CCCCC4)cc3)cc2)C(=O)O)cc1. The summed E-state index contributed by atoms with van der Waals surface area (Å²) in [4.78, 5) is 37.2. The molecule has 0 bridgehead atoms. The fraction of sp³-hybridized carbons (Fsp3) is 0.364. The molecule has 1 fully saturated rings. The number of aliphatic carboxylic acids is 1. The van der Waals surface area contributed by atoms with Crippen molar-refractivity contribution in [2.75, 3.05) is 0 Å². The summed E-state index contributed by atoms with van der Waals surface area (Å²) in [7, 11) is 0. The molecule has 2 N–H and O–H groups in total. The minimum absolute atomic E-state index is 0.0434. The molecule has 39 heavy (non-hydrogen) atoms. The van der Waals surface area contributed by atoms with Crippen LogP contribution in [0.5, 0.6) is 5.75 Å². The van der Waals surface area contributed by atoms with Gasteiger partial charge in [0.05, 0.1) is 5.56 Å². The number of hydrogen-bond acceptors (Lipinski definition) is 4. The molecule has 6 heteroatoms. The summed E-state index contributed by atoms with van der Waals surface area (Å²) in [6.45, 7) is 6.26. The van der Waals surface area contributed by atoms with Crippen LogP contribution in [0.4, 0.5) is 0 Å². The van der Waals surface area contributed by atoms with Gasteiger partial charge in [-0.2, -0.15) is 0 Å². The van der Waals surface area contributed by atoms with Gasteiger partial charge in [-0.25, -0.2) is 9.59 Å². The van der Waals surface area contributed by atoms with E-state index < -0.39 is 23.9 Å². The topological polar surface area (TPSA) is 92.7 Å². The largest absolute Gasteiger partial charge is 0.480 e. The Bertz CT molecular complexity index is 1280. The summed E-state index contributed by atoms with van der Waals surface area (Å²) >= 11 is 0. The number of esters is 1. The minimum atomic E-state index is -1.12.